The van der Waals surface area contributed by atoms with Crippen LogP contribution in [0.3, 0.4) is 0 Å². The monoisotopic (exact) mass is 308 g/mol. The Morgan fingerprint density at radius 1 is 1.68 bits per heavy atom. The molecule has 1 rings (SSSR count). The Balaban J connectivity index is 2.53. The number of allylic oxidation sites excluding steroid dienone is 1. The van der Waals surface area contributed by atoms with Gasteiger partial charge in [-0.05, 0) is 19.8 Å². The topological polar surface area (TPSA) is 88.6 Å². The number of hydrogen-bond acceptors (Lipinski definition) is 4. The smallest absolute Gasteiger partial charge is 0.306 e. The number of aliphatic imine (C=N–C) groups is 1. The molecule has 0 aliphatic rings. The molecule has 0 atom stereocenters. The first kappa shape index (κ1) is 17.7. The Bertz CT molecular complexity index is 511. The molecule has 122 valence electrons. The fourth-order valence-corrected chi connectivity index (χ4v) is 1.88. The van der Waals surface area contributed by atoms with Crippen LogP contribution in [0.5, 0.6) is 0 Å². The zero-order chi connectivity index (χ0) is 16.4. The van der Waals surface area contributed by atoms with Gasteiger partial charge < -0.3 is 10.2 Å². The van der Waals surface area contributed by atoms with Crippen molar-refractivity contribution < 1.29 is 4.92 Å². The molecule has 1 heterocycles. The van der Waals surface area contributed by atoms with Gasteiger partial charge in [0.25, 0.3) is 0 Å². The van der Waals surface area contributed by atoms with Crippen LogP contribution in [0.1, 0.15) is 19.8 Å². The van der Waals surface area contributed by atoms with E-state index in [0.29, 0.717) is 13.1 Å². The summed E-state index contributed by atoms with van der Waals surface area (Å²) in [6.45, 7) is 8.43. The van der Waals surface area contributed by atoms with E-state index in [9.17, 15) is 10.1 Å². The molecule has 1 aromatic rings. The molecule has 8 heteroatoms. The molecule has 8 nitrogen and oxygen atoms in total. The van der Waals surface area contributed by atoms with Gasteiger partial charge in [0, 0.05) is 20.1 Å². The van der Waals surface area contributed by atoms with Crippen molar-refractivity contribution in [3.05, 3.63) is 35.2 Å². The Kier molecular flexibility index (Phi) is 7.66. The van der Waals surface area contributed by atoms with E-state index in [0.717, 1.165) is 31.9 Å². The first-order valence-corrected chi connectivity index (χ1v) is 7.35. The molecule has 0 unspecified atom stereocenters. The average Bonchev–Trinajstić information content (AvgIpc) is 2.95. The molecular weight excluding hydrogens is 284 g/mol. The van der Waals surface area contributed by atoms with Crippen LogP contribution in [0.15, 0.2) is 30.0 Å². The van der Waals surface area contributed by atoms with Gasteiger partial charge in [-0.3, -0.25) is 19.8 Å². The van der Waals surface area contributed by atoms with Gasteiger partial charge in [-0.2, -0.15) is 5.10 Å². The van der Waals surface area contributed by atoms with E-state index >= 15 is 0 Å². The Morgan fingerprint density at radius 2 is 2.45 bits per heavy atom. The minimum atomic E-state index is -0.454. The van der Waals surface area contributed by atoms with Crippen LogP contribution in [-0.2, 0) is 6.54 Å². The van der Waals surface area contributed by atoms with Gasteiger partial charge in [-0.1, -0.05) is 6.08 Å². The van der Waals surface area contributed by atoms with Crippen molar-refractivity contribution in [2.75, 3.05) is 26.7 Å². The van der Waals surface area contributed by atoms with Crippen LogP contribution in [0, 0.1) is 10.1 Å². The van der Waals surface area contributed by atoms with Crippen molar-refractivity contribution in [2.45, 2.75) is 26.3 Å². The van der Waals surface area contributed by atoms with Gasteiger partial charge in [0.05, 0.1) is 18.0 Å². The van der Waals surface area contributed by atoms with E-state index in [-0.39, 0.29) is 5.69 Å². The Hall–Kier alpha value is -2.38. The predicted molar refractivity (Wildman–Crippen MR) is 86.9 cm³/mol. The molecule has 22 heavy (non-hydrogen) atoms. The summed E-state index contributed by atoms with van der Waals surface area (Å²) in [6, 6.07) is 0. The summed E-state index contributed by atoms with van der Waals surface area (Å²) in [5.41, 5.74) is -0.00238. The van der Waals surface area contributed by atoms with Crippen LogP contribution < -0.4 is 5.32 Å². The molecule has 0 spiro atoms. The Labute approximate surface area is 130 Å². The highest BCUT2D eigenvalue weighted by atomic mass is 16.6. The van der Waals surface area contributed by atoms with E-state index in [4.69, 9.17) is 0 Å². The van der Waals surface area contributed by atoms with E-state index < -0.39 is 4.92 Å². The molecule has 0 aliphatic heterocycles. The number of nitrogens with one attached hydrogen (secondary N) is 1. The summed E-state index contributed by atoms with van der Waals surface area (Å²) in [5.74, 6) is 0.827. The summed E-state index contributed by atoms with van der Waals surface area (Å²) < 4.78 is 1.53. The van der Waals surface area contributed by atoms with Crippen LogP contribution in [0.2, 0.25) is 0 Å². The van der Waals surface area contributed by atoms with Gasteiger partial charge in [0.1, 0.15) is 12.4 Å². The van der Waals surface area contributed by atoms with Gasteiger partial charge in [-0.25, -0.2) is 0 Å². The number of hydrogen-bond donors (Lipinski definition) is 1. The fourth-order valence-electron chi connectivity index (χ4n) is 1.88. The van der Waals surface area contributed by atoms with Crippen molar-refractivity contribution in [1.82, 2.24) is 20.0 Å². The summed E-state index contributed by atoms with van der Waals surface area (Å²) >= 11 is 0. The number of nitrogens with zero attached hydrogens (tertiary/aromatic N) is 5. The lowest BCUT2D eigenvalue weighted by atomic mass is 10.3. The lowest BCUT2D eigenvalue weighted by Crippen LogP contribution is -2.39. The maximum Gasteiger partial charge on any atom is 0.306 e. The predicted octanol–water partition coefficient (Wildman–Crippen LogP) is 1.65. The minimum Gasteiger partial charge on any atom is -0.357 e. The lowest BCUT2D eigenvalue weighted by Gasteiger charge is -2.21. The maximum absolute atomic E-state index is 10.6. The van der Waals surface area contributed by atoms with E-state index in [1.165, 1.54) is 17.1 Å². The molecule has 1 aromatic heterocycles. The molecule has 0 fully saturated rings. The summed E-state index contributed by atoms with van der Waals surface area (Å²) in [6.07, 6.45) is 6.56. The molecule has 0 aromatic carbocycles. The zero-order valence-electron chi connectivity index (χ0n) is 13.2. The zero-order valence-corrected chi connectivity index (χ0v) is 13.2. The van der Waals surface area contributed by atoms with E-state index in [1.54, 1.807) is 0 Å². The van der Waals surface area contributed by atoms with E-state index in [1.807, 2.05) is 20.0 Å². The van der Waals surface area contributed by atoms with Crippen molar-refractivity contribution in [2.24, 2.45) is 4.99 Å². The molecule has 0 aliphatic carbocycles. The average molecular weight is 308 g/mol. The molecule has 1 N–H and O–H groups in total. The van der Waals surface area contributed by atoms with Crippen molar-refractivity contribution in [3.63, 3.8) is 0 Å². The first-order chi connectivity index (χ1) is 10.6. The molecular formula is C14H24N6O2. The van der Waals surface area contributed by atoms with Gasteiger partial charge >= 0.3 is 5.69 Å². The van der Waals surface area contributed by atoms with Crippen LogP contribution >= 0.6 is 0 Å². The number of unbranched alkanes of at least 4 members (excludes halogenated alkanes) is 1. The highest BCUT2D eigenvalue weighted by Crippen LogP contribution is 2.07. The number of nitro groups is 1. The van der Waals surface area contributed by atoms with Gasteiger partial charge in [0.2, 0.25) is 0 Å². The fraction of sp³-hybridized carbons (Fsp3) is 0.571. The lowest BCUT2D eigenvalue weighted by molar-refractivity contribution is -0.385. The minimum absolute atomic E-state index is 0.00238. The second-order valence-corrected chi connectivity index (χ2v) is 4.81. The number of rotatable bonds is 9. The molecule has 0 saturated carbocycles. The van der Waals surface area contributed by atoms with Crippen molar-refractivity contribution in [3.8, 4) is 0 Å². The molecule has 0 saturated heterocycles. The van der Waals surface area contributed by atoms with Gasteiger partial charge in [0.15, 0.2) is 5.96 Å². The number of guanidine groups is 1. The molecule has 0 bridgehead atoms. The second kappa shape index (κ2) is 9.54. The number of aromatic nitrogens is 2. The third-order valence-electron chi connectivity index (χ3n) is 3.02. The van der Waals surface area contributed by atoms with Crippen LogP contribution in [0.4, 0.5) is 5.69 Å². The van der Waals surface area contributed by atoms with Crippen molar-refractivity contribution in [1.29, 1.82) is 0 Å². The second-order valence-electron chi connectivity index (χ2n) is 4.81. The van der Waals surface area contributed by atoms with E-state index in [2.05, 4.69) is 26.9 Å². The largest absolute Gasteiger partial charge is 0.357 e. The molecule has 0 amide bonds. The summed E-state index contributed by atoms with van der Waals surface area (Å²) in [4.78, 5) is 16.7. The first-order valence-electron chi connectivity index (χ1n) is 7.35. The normalized spacial score (nSPS) is 11.3. The van der Waals surface area contributed by atoms with Gasteiger partial charge in [-0.15, -0.1) is 6.58 Å². The highest BCUT2D eigenvalue weighted by molar-refractivity contribution is 5.79. The van der Waals surface area contributed by atoms with Crippen LogP contribution in [-0.4, -0.2) is 52.2 Å². The van der Waals surface area contributed by atoms with Crippen LogP contribution in [0.25, 0.3) is 0 Å². The SMILES string of the molecule is C=CCCCN(C)C(=NCCn1cc([N+](=O)[O-])cn1)NCC. The van der Waals surface area contributed by atoms with Crippen molar-refractivity contribution >= 4 is 11.6 Å². The summed E-state index contributed by atoms with van der Waals surface area (Å²) in [7, 11) is 1.99. The third kappa shape index (κ3) is 5.94. The Morgan fingerprint density at radius 3 is 3.05 bits per heavy atom. The highest BCUT2D eigenvalue weighted by Gasteiger charge is 2.08. The summed E-state index contributed by atoms with van der Waals surface area (Å²) in [5, 5.41) is 17.8. The quantitative estimate of drug-likeness (QED) is 0.187. The third-order valence-corrected chi connectivity index (χ3v) is 3.02. The maximum atomic E-state index is 10.6. The standard InChI is InChI=1S/C14H24N6O2/c1-4-6-7-9-18(3)14(15-5-2)16-8-10-19-12-13(11-17-19)20(21)22/h4,11-12H,1,5-10H2,2-3H3,(H,15,16). The molecule has 0 radical (unpaired) electrons.